The summed E-state index contributed by atoms with van der Waals surface area (Å²) in [6, 6.07) is 0. The fraction of sp³-hybridized carbons (Fsp3) is 0.800. The minimum absolute atomic E-state index is 0.358. The van der Waals surface area contributed by atoms with Crippen molar-refractivity contribution in [2.75, 3.05) is 26.3 Å². The van der Waals surface area contributed by atoms with Crippen LogP contribution in [0.4, 0.5) is 0 Å². The summed E-state index contributed by atoms with van der Waals surface area (Å²) >= 11 is 3.44. The van der Waals surface area contributed by atoms with Crippen molar-refractivity contribution in [2.45, 2.75) is 24.8 Å². The largest absolute Gasteiger partial charge is 0.379 e. The van der Waals surface area contributed by atoms with Gasteiger partial charge in [-0.05, 0) is 25.8 Å². The van der Waals surface area contributed by atoms with Crippen LogP contribution in [0.3, 0.4) is 0 Å². The molecule has 2 fully saturated rings. The topological polar surface area (TPSA) is 12.5 Å². The van der Waals surface area contributed by atoms with Gasteiger partial charge in [0.05, 0.1) is 6.61 Å². The van der Waals surface area contributed by atoms with E-state index in [1.807, 2.05) is 0 Å². The van der Waals surface area contributed by atoms with Crippen LogP contribution < -0.4 is 0 Å². The van der Waals surface area contributed by atoms with Crippen LogP contribution in [0.25, 0.3) is 0 Å². The van der Waals surface area contributed by atoms with Crippen LogP contribution in [0.5, 0.6) is 0 Å². The molecule has 2 rings (SSSR count). The SMILES string of the molecule is C=C(Br)CN1CCCC12CCOC2. The second kappa shape index (κ2) is 3.71. The van der Waals surface area contributed by atoms with Gasteiger partial charge in [0.15, 0.2) is 0 Å². The van der Waals surface area contributed by atoms with Crippen molar-refractivity contribution < 1.29 is 4.74 Å². The number of rotatable bonds is 2. The molecule has 1 unspecified atom stereocenters. The number of likely N-dealkylation sites (tertiary alicyclic amines) is 1. The highest BCUT2D eigenvalue weighted by molar-refractivity contribution is 9.11. The molecule has 2 nitrogen and oxygen atoms in total. The summed E-state index contributed by atoms with van der Waals surface area (Å²) in [5.41, 5.74) is 0.358. The molecule has 2 aliphatic rings. The zero-order valence-electron chi connectivity index (χ0n) is 7.89. The van der Waals surface area contributed by atoms with Crippen LogP contribution in [0, 0.1) is 0 Å². The molecule has 0 radical (unpaired) electrons. The number of halogens is 1. The standard InChI is InChI=1S/C10H16BrNO/c1-9(11)7-12-5-2-3-10(12)4-6-13-8-10/h1-8H2. The number of ether oxygens (including phenoxy) is 1. The minimum Gasteiger partial charge on any atom is -0.379 e. The second-order valence-electron chi connectivity index (χ2n) is 4.07. The normalized spacial score (nSPS) is 34.5. The van der Waals surface area contributed by atoms with Gasteiger partial charge in [0.1, 0.15) is 0 Å². The van der Waals surface area contributed by atoms with Crippen molar-refractivity contribution in [3.63, 3.8) is 0 Å². The van der Waals surface area contributed by atoms with Crippen molar-refractivity contribution >= 4 is 15.9 Å². The molecule has 0 aliphatic carbocycles. The van der Waals surface area contributed by atoms with E-state index in [-0.39, 0.29) is 0 Å². The molecular formula is C10H16BrNO. The summed E-state index contributed by atoms with van der Waals surface area (Å²) in [6.45, 7) is 7.94. The highest BCUT2D eigenvalue weighted by atomic mass is 79.9. The molecule has 0 aromatic carbocycles. The summed E-state index contributed by atoms with van der Waals surface area (Å²) in [5, 5.41) is 0. The third kappa shape index (κ3) is 1.83. The van der Waals surface area contributed by atoms with Crippen LogP contribution in [0.1, 0.15) is 19.3 Å². The van der Waals surface area contributed by atoms with Gasteiger partial charge in [-0.1, -0.05) is 22.5 Å². The van der Waals surface area contributed by atoms with Crippen LogP contribution >= 0.6 is 15.9 Å². The Labute approximate surface area is 88.1 Å². The third-order valence-electron chi connectivity index (χ3n) is 3.19. The van der Waals surface area contributed by atoms with Gasteiger partial charge in [-0.15, -0.1) is 0 Å². The van der Waals surface area contributed by atoms with E-state index in [4.69, 9.17) is 4.74 Å². The van der Waals surface area contributed by atoms with Gasteiger partial charge in [-0.3, -0.25) is 4.90 Å². The first kappa shape index (κ1) is 9.69. The maximum Gasteiger partial charge on any atom is 0.0651 e. The average molecular weight is 246 g/mol. The number of hydrogen-bond donors (Lipinski definition) is 0. The van der Waals surface area contributed by atoms with E-state index < -0.39 is 0 Å². The van der Waals surface area contributed by atoms with Gasteiger partial charge in [0.25, 0.3) is 0 Å². The molecule has 0 amide bonds. The summed E-state index contributed by atoms with van der Waals surface area (Å²) in [6.07, 6.45) is 3.81. The number of nitrogens with zero attached hydrogens (tertiary/aromatic N) is 1. The van der Waals surface area contributed by atoms with E-state index in [1.165, 1.54) is 25.8 Å². The molecule has 3 heteroatoms. The fourth-order valence-corrected chi connectivity index (χ4v) is 2.79. The summed E-state index contributed by atoms with van der Waals surface area (Å²) in [4.78, 5) is 2.52. The Morgan fingerprint density at radius 2 is 2.38 bits per heavy atom. The van der Waals surface area contributed by atoms with Crippen molar-refractivity contribution in [1.82, 2.24) is 4.90 Å². The predicted octanol–water partition coefficient (Wildman–Crippen LogP) is 2.15. The molecular weight excluding hydrogens is 230 g/mol. The van der Waals surface area contributed by atoms with Crippen molar-refractivity contribution in [3.05, 3.63) is 11.1 Å². The Morgan fingerprint density at radius 1 is 1.54 bits per heavy atom. The zero-order chi connectivity index (χ0) is 9.31. The van der Waals surface area contributed by atoms with E-state index in [0.717, 1.165) is 24.2 Å². The van der Waals surface area contributed by atoms with E-state index in [2.05, 4.69) is 27.4 Å². The molecule has 1 spiro atoms. The fourth-order valence-electron chi connectivity index (χ4n) is 2.49. The van der Waals surface area contributed by atoms with E-state index in [9.17, 15) is 0 Å². The van der Waals surface area contributed by atoms with Crippen molar-refractivity contribution in [2.24, 2.45) is 0 Å². The van der Waals surface area contributed by atoms with Gasteiger partial charge >= 0.3 is 0 Å². The van der Waals surface area contributed by atoms with Crippen LogP contribution in [0.15, 0.2) is 11.1 Å². The first-order chi connectivity index (χ1) is 6.23. The molecule has 13 heavy (non-hydrogen) atoms. The Morgan fingerprint density at radius 3 is 3.00 bits per heavy atom. The van der Waals surface area contributed by atoms with Crippen LogP contribution in [-0.2, 0) is 4.74 Å². The number of hydrogen-bond acceptors (Lipinski definition) is 2. The van der Waals surface area contributed by atoms with Gasteiger partial charge in [-0.2, -0.15) is 0 Å². The van der Waals surface area contributed by atoms with Crippen LogP contribution in [-0.4, -0.2) is 36.7 Å². The molecule has 74 valence electrons. The predicted molar refractivity (Wildman–Crippen MR) is 57.0 cm³/mol. The molecule has 2 aliphatic heterocycles. The Balaban J connectivity index is 2.04. The molecule has 0 saturated carbocycles. The van der Waals surface area contributed by atoms with E-state index in [0.29, 0.717) is 5.54 Å². The summed E-state index contributed by atoms with van der Waals surface area (Å²) in [5.74, 6) is 0. The molecule has 0 aromatic heterocycles. The summed E-state index contributed by atoms with van der Waals surface area (Å²) < 4.78 is 6.59. The maximum atomic E-state index is 5.51. The molecule has 0 bridgehead atoms. The second-order valence-corrected chi connectivity index (χ2v) is 5.19. The van der Waals surface area contributed by atoms with Gasteiger partial charge in [0.2, 0.25) is 0 Å². The molecule has 2 heterocycles. The van der Waals surface area contributed by atoms with Crippen molar-refractivity contribution in [3.8, 4) is 0 Å². The molecule has 1 atom stereocenters. The lowest BCUT2D eigenvalue weighted by Gasteiger charge is -2.33. The maximum absolute atomic E-state index is 5.51. The monoisotopic (exact) mass is 245 g/mol. The van der Waals surface area contributed by atoms with Gasteiger partial charge < -0.3 is 4.74 Å². The van der Waals surface area contributed by atoms with Gasteiger partial charge in [0, 0.05) is 23.2 Å². The van der Waals surface area contributed by atoms with Crippen molar-refractivity contribution in [1.29, 1.82) is 0 Å². The highest BCUT2D eigenvalue weighted by Crippen LogP contribution is 2.36. The quantitative estimate of drug-likeness (QED) is 0.740. The average Bonchev–Trinajstić information content (AvgIpc) is 2.64. The molecule has 2 saturated heterocycles. The smallest absolute Gasteiger partial charge is 0.0651 e. The zero-order valence-corrected chi connectivity index (χ0v) is 9.48. The lowest BCUT2D eigenvalue weighted by atomic mass is 9.95. The molecule has 0 aromatic rings. The van der Waals surface area contributed by atoms with E-state index in [1.54, 1.807) is 0 Å². The lowest BCUT2D eigenvalue weighted by Crippen LogP contribution is -2.44. The first-order valence-corrected chi connectivity index (χ1v) is 5.68. The van der Waals surface area contributed by atoms with Gasteiger partial charge in [-0.25, -0.2) is 0 Å². The minimum atomic E-state index is 0.358. The highest BCUT2D eigenvalue weighted by Gasteiger charge is 2.43. The Bertz CT molecular complexity index is 205. The lowest BCUT2D eigenvalue weighted by molar-refractivity contribution is 0.110. The van der Waals surface area contributed by atoms with Crippen LogP contribution in [0.2, 0.25) is 0 Å². The Kier molecular flexibility index (Phi) is 2.77. The Hall–Kier alpha value is 0.140. The molecule has 0 N–H and O–H groups in total. The first-order valence-electron chi connectivity index (χ1n) is 4.89. The third-order valence-corrected chi connectivity index (χ3v) is 3.44. The van der Waals surface area contributed by atoms with E-state index >= 15 is 0 Å². The summed E-state index contributed by atoms with van der Waals surface area (Å²) in [7, 11) is 0.